The highest BCUT2D eigenvalue weighted by molar-refractivity contribution is 5.77. The number of carbonyl (C=O) groups is 1. The third kappa shape index (κ3) is 3.88. The molecule has 0 aliphatic carbocycles. The summed E-state index contributed by atoms with van der Waals surface area (Å²) in [5.74, 6) is 0.139. The Bertz CT molecular complexity index is 403. The van der Waals surface area contributed by atoms with Crippen LogP contribution in [0.1, 0.15) is 5.56 Å². The van der Waals surface area contributed by atoms with Crippen molar-refractivity contribution in [2.45, 2.75) is 6.92 Å². The molecule has 2 N–H and O–H groups in total. The molecule has 0 radical (unpaired) electrons. The number of hydrogen-bond donors (Lipinski definition) is 2. The molecule has 1 aromatic rings. The van der Waals surface area contributed by atoms with Crippen LogP contribution in [0.25, 0.3) is 0 Å². The summed E-state index contributed by atoms with van der Waals surface area (Å²) < 4.78 is 5.15. The van der Waals surface area contributed by atoms with E-state index in [4.69, 9.17) is 10.00 Å². The van der Waals surface area contributed by atoms with E-state index in [-0.39, 0.29) is 24.8 Å². The van der Waals surface area contributed by atoms with Crippen molar-refractivity contribution in [3.63, 3.8) is 0 Å². The van der Waals surface area contributed by atoms with Crippen LogP contribution >= 0.6 is 0 Å². The fourth-order valence-corrected chi connectivity index (χ4v) is 1.15. The molecule has 0 atom stereocenters. The Hall–Kier alpha value is -2.22. The van der Waals surface area contributed by atoms with E-state index in [1.54, 1.807) is 18.2 Å². The molecule has 0 fully saturated rings. The molecule has 1 aromatic carbocycles. The van der Waals surface area contributed by atoms with Gasteiger partial charge in [-0.1, -0.05) is 0 Å². The summed E-state index contributed by atoms with van der Waals surface area (Å²) >= 11 is 0. The number of hydrogen-bond acceptors (Lipinski definition) is 4. The Morgan fingerprint density at radius 2 is 2.31 bits per heavy atom. The summed E-state index contributed by atoms with van der Waals surface area (Å²) in [4.78, 5) is 11.1. The molecular formula is C11H12N2O3. The topological polar surface area (TPSA) is 82.3 Å². The summed E-state index contributed by atoms with van der Waals surface area (Å²) in [6.07, 6.45) is 0. The molecule has 1 rings (SSSR count). The maximum Gasteiger partial charge on any atom is 0.258 e. The number of phenols is 1. The van der Waals surface area contributed by atoms with Crippen molar-refractivity contribution in [3.05, 3.63) is 23.8 Å². The van der Waals surface area contributed by atoms with Crippen LogP contribution in [0.3, 0.4) is 0 Å². The van der Waals surface area contributed by atoms with Crippen molar-refractivity contribution in [1.29, 1.82) is 5.26 Å². The zero-order valence-electron chi connectivity index (χ0n) is 8.86. The van der Waals surface area contributed by atoms with Gasteiger partial charge in [0.25, 0.3) is 5.91 Å². The van der Waals surface area contributed by atoms with Crippen LogP contribution in [0, 0.1) is 18.3 Å². The zero-order chi connectivity index (χ0) is 12.0. The molecule has 0 saturated heterocycles. The first-order valence-corrected chi connectivity index (χ1v) is 4.69. The van der Waals surface area contributed by atoms with Crippen LogP contribution in [-0.4, -0.2) is 24.2 Å². The summed E-state index contributed by atoms with van der Waals surface area (Å²) in [6, 6.07) is 6.50. The molecule has 0 bridgehead atoms. The van der Waals surface area contributed by atoms with Gasteiger partial charge in [0.05, 0.1) is 6.07 Å². The fraction of sp³-hybridized carbons (Fsp3) is 0.273. The van der Waals surface area contributed by atoms with Gasteiger partial charge in [-0.25, -0.2) is 0 Å². The first-order valence-electron chi connectivity index (χ1n) is 4.69. The number of nitriles is 1. The van der Waals surface area contributed by atoms with Crippen molar-refractivity contribution in [2.24, 2.45) is 0 Å². The van der Waals surface area contributed by atoms with Crippen LogP contribution in [0.2, 0.25) is 0 Å². The quantitative estimate of drug-likeness (QED) is 0.732. The fourth-order valence-electron chi connectivity index (χ4n) is 1.15. The van der Waals surface area contributed by atoms with E-state index in [1.165, 1.54) is 6.07 Å². The Morgan fingerprint density at radius 3 is 2.94 bits per heavy atom. The van der Waals surface area contributed by atoms with Gasteiger partial charge in [-0.15, -0.1) is 0 Å². The predicted molar refractivity (Wildman–Crippen MR) is 57.0 cm³/mol. The van der Waals surface area contributed by atoms with Gasteiger partial charge < -0.3 is 15.2 Å². The minimum atomic E-state index is -0.373. The highest BCUT2D eigenvalue weighted by Gasteiger charge is 2.03. The first kappa shape index (κ1) is 11.9. The van der Waals surface area contributed by atoms with Gasteiger partial charge in [0.1, 0.15) is 18.0 Å². The Balaban J connectivity index is 2.48. The Morgan fingerprint density at radius 1 is 1.56 bits per heavy atom. The Kier molecular flexibility index (Phi) is 4.16. The molecule has 0 aliphatic heterocycles. The lowest BCUT2D eigenvalue weighted by molar-refractivity contribution is -0.122. The van der Waals surface area contributed by atoms with E-state index in [9.17, 15) is 9.90 Å². The van der Waals surface area contributed by atoms with Crippen LogP contribution < -0.4 is 10.1 Å². The van der Waals surface area contributed by atoms with Gasteiger partial charge >= 0.3 is 0 Å². The molecule has 0 heterocycles. The minimum absolute atomic E-state index is 0.0404. The molecule has 0 saturated carbocycles. The second-order valence-electron chi connectivity index (χ2n) is 3.23. The number of phenolic OH excluding ortho intramolecular Hbond substituents is 1. The zero-order valence-corrected chi connectivity index (χ0v) is 8.86. The number of ether oxygens (including phenoxy) is 1. The highest BCUT2D eigenvalue weighted by atomic mass is 16.5. The molecule has 0 spiro atoms. The lowest BCUT2D eigenvalue weighted by Crippen LogP contribution is -2.29. The van der Waals surface area contributed by atoms with Crippen LogP contribution in [0.15, 0.2) is 18.2 Å². The number of nitrogens with zero attached hydrogens (tertiary/aromatic N) is 1. The predicted octanol–water partition coefficient (Wildman–Crippen LogP) is 0.719. The maximum atomic E-state index is 11.1. The van der Waals surface area contributed by atoms with Gasteiger partial charge in [-0.3, -0.25) is 4.79 Å². The molecule has 1 amide bonds. The molecule has 0 unspecified atom stereocenters. The summed E-state index contributed by atoms with van der Waals surface area (Å²) in [5.41, 5.74) is 0.840. The standard InChI is InChI=1S/C11H12N2O3/c1-8-4-9(14)6-10(5-8)16-7-11(15)13-3-2-12/h4-6,14H,3,7H2,1H3,(H,13,15). The monoisotopic (exact) mass is 220 g/mol. The van der Waals surface area contributed by atoms with E-state index in [0.29, 0.717) is 5.75 Å². The number of nitrogens with one attached hydrogen (secondary N) is 1. The van der Waals surface area contributed by atoms with Crippen molar-refractivity contribution >= 4 is 5.91 Å². The van der Waals surface area contributed by atoms with Gasteiger partial charge in [0.15, 0.2) is 6.61 Å². The van der Waals surface area contributed by atoms with Crippen molar-refractivity contribution in [1.82, 2.24) is 5.32 Å². The molecule has 5 heteroatoms. The van der Waals surface area contributed by atoms with Gasteiger partial charge in [-0.05, 0) is 24.6 Å². The van der Waals surface area contributed by atoms with Crippen molar-refractivity contribution in [3.8, 4) is 17.6 Å². The maximum absolute atomic E-state index is 11.1. The second kappa shape index (κ2) is 5.61. The van der Waals surface area contributed by atoms with Gasteiger partial charge in [0, 0.05) is 6.07 Å². The van der Waals surface area contributed by atoms with Crippen LogP contribution in [-0.2, 0) is 4.79 Å². The lowest BCUT2D eigenvalue weighted by Gasteiger charge is -2.06. The molecule has 5 nitrogen and oxygen atoms in total. The summed E-state index contributed by atoms with van der Waals surface area (Å²) in [6.45, 7) is 1.59. The minimum Gasteiger partial charge on any atom is -0.508 e. The number of aryl methyl sites for hydroxylation is 1. The van der Waals surface area contributed by atoms with Crippen LogP contribution in [0.5, 0.6) is 11.5 Å². The van der Waals surface area contributed by atoms with Crippen molar-refractivity contribution < 1.29 is 14.6 Å². The SMILES string of the molecule is Cc1cc(O)cc(OCC(=O)NCC#N)c1. The number of benzene rings is 1. The lowest BCUT2D eigenvalue weighted by atomic mass is 10.2. The number of rotatable bonds is 4. The van der Waals surface area contributed by atoms with E-state index in [0.717, 1.165) is 5.56 Å². The number of carbonyl (C=O) groups excluding carboxylic acids is 1. The highest BCUT2D eigenvalue weighted by Crippen LogP contribution is 2.20. The number of amides is 1. The Labute approximate surface area is 93.3 Å². The summed E-state index contributed by atoms with van der Waals surface area (Å²) in [5, 5.41) is 19.9. The second-order valence-corrected chi connectivity index (χ2v) is 3.23. The molecular weight excluding hydrogens is 208 g/mol. The van der Waals surface area contributed by atoms with Crippen LogP contribution in [0.4, 0.5) is 0 Å². The van der Waals surface area contributed by atoms with E-state index >= 15 is 0 Å². The first-order chi connectivity index (χ1) is 7.61. The van der Waals surface area contributed by atoms with Crippen molar-refractivity contribution in [2.75, 3.05) is 13.2 Å². The molecule has 84 valence electrons. The van der Waals surface area contributed by atoms with E-state index < -0.39 is 0 Å². The number of aromatic hydroxyl groups is 1. The smallest absolute Gasteiger partial charge is 0.258 e. The third-order valence-corrected chi connectivity index (χ3v) is 1.77. The molecule has 16 heavy (non-hydrogen) atoms. The van der Waals surface area contributed by atoms with Gasteiger partial charge in [-0.2, -0.15) is 5.26 Å². The molecule has 0 aliphatic rings. The summed E-state index contributed by atoms with van der Waals surface area (Å²) in [7, 11) is 0. The van der Waals surface area contributed by atoms with E-state index in [1.807, 2.05) is 6.92 Å². The average Bonchev–Trinajstić information content (AvgIpc) is 2.22. The van der Waals surface area contributed by atoms with Gasteiger partial charge in [0.2, 0.25) is 0 Å². The largest absolute Gasteiger partial charge is 0.508 e. The molecule has 0 aromatic heterocycles. The average molecular weight is 220 g/mol. The normalized spacial score (nSPS) is 9.25. The third-order valence-electron chi connectivity index (χ3n) is 1.77. The van der Waals surface area contributed by atoms with E-state index in [2.05, 4.69) is 5.32 Å².